The minimum atomic E-state index is -5.08. The van der Waals surface area contributed by atoms with Crippen molar-refractivity contribution in [3.63, 3.8) is 0 Å². The number of aliphatic carboxylic acids is 1. The topological polar surface area (TPSA) is 149 Å². The van der Waals surface area contributed by atoms with Gasteiger partial charge in [-0.2, -0.15) is 13.2 Å². The van der Waals surface area contributed by atoms with E-state index >= 15 is 0 Å². The number of aromatic nitrogens is 3. The molecule has 0 radical (unpaired) electrons. The summed E-state index contributed by atoms with van der Waals surface area (Å²) in [6.45, 7) is 2.55. The van der Waals surface area contributed by atoms with Crippen LogP contribution in [0, 0.1) is 6.92 Å². The second kappa shape index (κ2) is 16.4. The monoisotopic (exact) mass is 719 g/mol. The van der Waals surface area contributed by atoms with Crippen molar-refractivity contribution >= 4 is 50.8 Å². The second-order valence-corrected chi connectivity index (χ2v) is 12.7. The molecular weight excluding hydrogens is 683 g/mol. The van der Waals surface area contributed by atoms with E-state index in [-0.39, 0.29) is 24.3 Å². The minimum Gasteiger partial charge on any atom is -0.497 e. The molecular formula is C37H36F3N5O5S. The summed E-state index contributed by atoms with van der Waals surface area (Å²) in [6.07, 6.45) is -0.777. The highest BCUT2D eigenvalue weighted by Crippen LogP contribution is 2.28. The van der Waals surface area contributed by atoms with Crippen LogP contribution in [0.5, 0.6) is 5.75 Å². The van der Waals surface area contributed by atoms with Crippen LogP contribution in [0.25, 0.3) is 32.9 Å². The molecule has 266 valence electrons. The normalized spacial score (nSPS) is 11.9. The summed E-state index contributed by atoms with van der Waals surface area (Å²) in [5.74, 6) is -1.44. The van der Waals surface area contributed by atoms with E-state index in [1.807, 2.05) is 61.0 Å². The fourth-order valence-electron chi connectivity index (χ4n) is 5.59. The molecule has 3 heterocycles. The van der Waals surface area contributed by atoms with E-state index < -0.39 is 12.1 Å². The van der Waals surface area contributed by atoms with Crippen molar-refractivity contribution in [2.75, 3.05) is 13.7 Å². The SMILES string of the molecule is COc1ccc2[nH]c(C)c(CC(=O)N[C@@H](CCCCNC(=O)c3cccs3)c3ncc(-c4ccc5ccccc5c4)[nH]3)c2c1.O=C(O)C(F)(F)F. The molecule has 0 aliphatic carbocycles. The van der Waals surface area contributed by atoms with Crippen molar-refractivity contribution in [2.45, 2.75) is 44.8 Å². The van der Waals surface area contributed by atoms with Gasteiger partial charge in [0.1, 0.15) is 11.6 Å². The number of methoxy groups -OCH3 is 1. The first kappa shape index (κ1) is 36.6. The number of fused-ring (bicyclic) bond motifs is 2. The van der Waals surface area contributed by atoms with Crippen molar-refractivity contribution in [1.82, 2.24) is 25.6 Å². The lowest BCUT2D eigenvalue weighted by Crippen LogP contribution is -2.31. The van der Waals surface area contributed by atoms with Gasteiger partial charge in [0.25, 0.3) is 5.91 Å². The van der Waals surface area contributed by atoms with Gasteiger partial charge in [-0.3, -0.25) is 9.59 Å². The molecule has 0 aliphatic rings. The van der Waals surface area contributed by atoms with E-state index in [0.29, 0.717) is 23.7 Å². The number of carbonyl (C=O) groups is 3. The number of aryl methyl sites for hydroxylation is 1. The number of hydrogen-bond donors (Lipinski definition) is 5. The average molecular weight is 720 g/mol. The Hall–Kier alpha value is -5.63. The molecule has 3 aromatic heterocycles. The molecule has 6 rings (SSSR count). The molecule has 14 heteroatoms. The number of nitrogens with zero attached hydrogens (tertiary/aromatic N) is 1. The molecule has 0 spiro atoms. The Morgan fingerprint density at radius 2 is 1.75 bits per heavy atom. The van der Waals surface area contributed by atoms with Crippen LogP contribution in [-0.2, 0) is 16.0 Å². The first-order valence-electron chi connectivity index (χ1n) is 16.0. The molecule has 51 heavy (non-hydrogen) atoms. The van der Waals surface area contributed by atoms with Gasteiger partial charge in [0.15, 0.2) is 0 Å². The quantitative estimate of drug-likeness (QED) is 0.0818. The van der Waals surface area contributed by atoms with Gasteiger partial charge < -0.3 is 30.4 Å². The largest absolute Gasteiger partial charge is 0.497 e. The third kappa shape index (κ3) is 9.54. The van der Waals surface area contributed by atoms with E-state index in [1.165, 1.54) is 16.7 Å². The number of thiophene rings is 1. The summed E-state index contributed by atoms with van der Waals surface area (Å²) in [5.41, 5.74) is 4.80. The average Bonchev–Trinajstić information content (AvgIpc) is 3.89. The molecule has 3 aromatic carbocycles. The lowest BCUT2D eigenvalue weighted by molar-refractivity contribution is -0.192. The predicted molar refractivity (Wildman–Crippen MR) is 190 cm³/mol. The fraction of sp³-hybridized carbons (Fsp3) is 0.243. The number of carbonyl (C=O) groups excluding carboxylic acids is 2. The fourth-order valence-corrected chi connectivity index (χ4v) is 6.23. The van der Waals surface area contributed by atoms with E-state index in [0.717, 1.165) is 57.4 Å². The van der Waals surface area contributed by atoms with Gasteiger partial charge in [-0.25, -0.2) is 9.78 Å². The Labute approximate surface area is 295 Å². The standard InChI is InChI=1S/C35H35N5O3S.C2HF3O2/c1-22-27(28-19-26(43-2)14-15-29(28)38-22)20-33(41)39-30(10-5-6-16-36-35(42)32-11-7-17-44-32)34-37-21-31(40-34)25-13-12-23-8-3-4-9-24(23)18-25;3-2(4,5)1(6)7/h3-4,7-9,11-15,17-19,21,30,38H,5-6,10,16,20H2,1-2H3,(H,36,42)(H,37,40)(H,39,41);(H,6,7)/t30-;/m0./s1. The van der Waals surface area contributed by atoms with E-state index in [4.69, 9.17) is 19.6 Å². The van der Waals surface area contributed by atoms with Crippen LogP contribution in [0.4, 0.5) is 13.2 Å². The van der Waals surface area contributed by atoms with Gasteiger partial charge in [-0.05, 0) is 78.2 Å². The van der Waals surface area contributed by atoms with Crippen molar-refractivity contribution in [2.24, 2.45) is 0 Å². The van der Waals surface area contributed by atoms with Crippen molar-refractivity contribution in [3.8, 4) is 17.0 Å². The minimum absolute atomic E-state index is 0.0540. The highest BCUT2D eigenvalue weighted by Gasteiger charge is 2.38. The zero-order chi connectivity index (χ0) is 36.5. The molecule has 0 bridgehead atoms. The first-order chi connectivity index (χ1) is 24.4. The number of rotatable bonds is 12. The molecule has 0 unspecified atom stereocenters. The summed E-state index contributed by atoms with van der Waals surface area (Å²) >= 11 is 1.43. The third-order valence-corrected chi connectivity index (χ3v) is 9.05. The zero-order valence-corrected chi connectivity index (χ0v) is 28.6. The van der Waals surface area contributed by atoms with Gasteiger partial charge in [0.05, 0.1) is 36.3 Å². The van der Waals surface area contributed by atoms with Crippen LogP contribution in [0.3, 0.4) is 0 Å². The number of unbranched alkanes of at least 4 members (excludes halogenated alkanes) is 1. The predicted octanol–water partition coefficient (Wildman–Crippen LogP) is 7.72. The molecule has 0 aliphatic heterocycles. The van der Waals surface area contributed by atoms with Crippen LogP contribution in [0.15, 0.2) is 84.4 Å². The molecule has 6 aromatic rings. The number of aromatic amines is 2. The lowest BCUT2D eigenvalue weighted by Gasteiger charge is -2.17. The maximum absolute atomic E-state index is 13.5. The molecule has 5 N–H and O–H groups in total. The summed E-state index contributed by atoms with van der Waals surface area (Å²) in [7, 11) is 1.64. The van der Waals surface area contributed by atoms with Crippen molar-refractivity contribution in [1.29, 1.82) is 0 Å². The Bertz CT molecular complexity index is 2120. The van der Waals surface area contributed by atoms with Crippen LogP contribution in [-0.4, -0.2) is 57.7 Å². The highest BCUT2D eigenvalue weighted by molar-refractivity contribution is 7.12. The molecule has 1 atom stereocenters. The summed E-state index contributed by atoms with van der Waals surface area (Å²) in [6, 6.07) is 23.8. The number of carboxylic acid groups (broad SMARTS) is 1. The lowest BCUT2D eigenvalue weighted by atomic mass is 10.0. The van der Waals surface area contributed by atoms with Crippen LogP contribution in [0.2, 0.25) is 0 Å². The number of amides is 2. The van der Waals surface area contributed by atoms with Gasteiger partial charge >= 0.3 is 12.1 Å². The Balaban J connectivity index is 0.000000654. The maximum Gasteiger partial charge on any atom is 0.490 e. The number of benzene rings is 3. The van der Waals surface area contributed by atoms with Gasteiger partial charge in [0.2, 0.25) is 5.91 Å². The summed E-state index contributed by atoms with van der Waals surface area (Å²) in [4.78, 5) is 47.0. The van der Waals surface area contributed by atoms with Gasteiger partial charge in [-0.1, -0.05) is 42.5 Å². The summed E-state index contributed by atoms with van der Waals surface area (Å²) in [5, 5.41) is 18.6. The van der Waals surface area contributed by atoms with Crippen LogP contribution < -0.4 is 15.4 Å². The number of nitrogens with one attached hydrogen (secondary N) is 4. The number of halogens is 3. The van der Waals surface area contributed by atoms with Crippen LogP contribution >= 0.6 is 11.3 Å². The molecule has 0 saturated heterocycles. The Morgan fingerprint density at radius 1 is 0.980 bits per heavy atom. The van der Waals surface area contributed by atoms with Crippen molar-refractivity contribution in [3.05, 3.63) is 106 Å². The van der Waals surface area contributed by atoms with Crippen molar-refractivity contribution < 1.29 is 37.4 Å². The molecule has 10 nitrogen and oxygen atoms in total. The molecule has 0 fully saturated rings. The highest BCUT2D eigenvalue weighted by atomic mass is 32.1. The Kier molecular flexibility index (Phi) is 11.8. The Morgan fingerprint density at radius 3 is 2.45 bits per heavy atom. The number of hydrogen-bond acceptors (Lipinski definition) is 6. The molecule has 2 amide bonds. The number of ether oxygens (including phenoxy) is 1. The third-order valence-electron chi connectivity index (χ3n) is 8.18. The van der Waals surface area contributed by atoms with E-state index in [2.05, 4.69) is 50.9 Å². The number of imidazole rings is 1. The zero-order valence-electron chi connectivity index (χ0n) is 27.8. The van der Waals surface area contributed by atoms with Gasteiger partial charge in [0, 0.05) is 28.7 Å². The number of H-pyrrole nitrogens is 2. The summed E-state index contributed by atoms with van der Waals surface area (Å²) < 4.78 is 37.2. The smallest absolute Gasteiger partial charge is 0.490 e. The maximum atomic E-state index is 13.5. The second-order valence-electron chi connectivity index (χ2n) is 11.7. The van der Waals surface area contributed by atoms with Gasteiger partial charge in [-0.15, -0.1) is 11.3 Å². The molecule has 0 saturated carbocycles. The number of alkyl halides is 3. The van der Waals surface area contributed by atoms with Crippen LogP contribution in [0.1, 0.15) is 52.1 Å². The van der Waals surface area contributed by atoms with E-state index in [1.54, 1.807) is 7.11 Å². The first-order valence-corrected chi connectivity index (χ1v) is 16.9. The van der Waals surface area contributed by atoms with E-state index in [9.17, 15) is 22.8 Å². The number of carboxylic acids is 1.